The van der Waals surface area contributed by atoms with E-state index in [9.17, 15) is 9.90 Å². The Morgan fingerprint density at radius 2 is 2.29 bits per heavy atom. The molecule has 1 saturated heterocycles. The summed E-state index contributed by atoms with van der Waals surface area (Å²) in [6.07, 6.45) is 3.48. The second-order valence-electron chi connectivity index (χ2n) is 5.34. The van der Waals surface area contributed by atoms with Gasteiger partial charge in [0, 0.05) is 19.2 Å². The van der Waals surface area contributed by atoms with Crippen LogP contribution in [0.3, 0.4) is 0 Å². The van der Waals surface area contributed by atoms with E-state index in [1.807, 2.05) is 6.92 Å². The lowest BCUT2D eigenvalue weighted by Crippen LogP contribution is -2.46. The van der Waals surface area contributed by atoms with Crippen molar-refractivity contribution in [3.8, 4) is 0 Å². The molecule has 1 aliphatic heterocycles. The van der Waals surface area contributed by atoms with Crippen LogP contribution < -0.4 is 0 Å². The smallest absolute Gasteiger partial charge is 0.321 e. The molecule has 1 aliphatic carbocycles. The van der Waals surface area contributed by atoms with Crippen molar-refractivity contribution < 1.29 is 14.6 Å². The predicted molar refractivity (Wildman–Crippen MR) is 64.9 cm³/mol. The van der Waals surface area contributed by atoms with E-state index in [2.05, 4.69) is 11.8 Å². The third-order valence-electron chi connectivity index (χ3n) is 4.31. The van der Waals surface area contributed by atoms with Crippen LogP contribution in [0.1, 0.15) is 33.1 Å². The Hall–Kier alpha value is -0.610. The van der Waals surface area contributed by atoms with Crippen molar-refractivity contribution >= 4 is 5.97 Å². The van der Waals surface area contributed by atoms with Crippen molar-refractivity contribution in [2.75, 3.05) is 19.8 Å². The van der Waals surface area contributed by atoms with Crippen LogP contribution in [0, 0.1) is 11.8 Å². The molecule has 0 bridgehead atoms. The van der Waals surface area contributed by atoms with E-state index < -0.39 is 5.97 Å². The van der Waals surface area contributed by atoms with Crippen molar-refractivity contribution in [3.63, 3.8) is 0 Å². The number of fused-ring (bicyclic) bond motifs is 1. The highest BCUT2D eigenvalue weighted by atomic mass is 16.5. The third kappa shape index (κ3) is 2.47. The molecule has 4 nitrogen and oxygen atoms in total. The summed E-state index contributed by atoms with van der Waals surface area (Å²) in [5, 5.41) is 9.42. The van der Waals surface area contributed by atoms with Crippen LogP contribution in [-0.4, -0.2) is 47.8 Å². The van der Waals surface area contributed by atoms with E-state index in [0.29, 0.717) is 25.0 Å². The fourth-order valence-corrected chi connectivity index (χ4v) is 3.50. The average Bonchev–Trinajstić information content (AvgIpc) is 2.83. The topological polar surface area (TPSA) is 49.8 Å². The summed E-state index contributed by atoms with van der Waals surface area (Å²) in [6, 6.07) is -0.0698. The van der Waals surface area contributed by atoms with Crippen LogP contribution in [0.15, 0.2) is 0 Å². The second-order valence-corrected chi connectivity index (χ2v) is 5.34. The molecule has 2 rings (SSSR count). The molecule has 0 spiro atoms. The van der Waals surface area contributed by atoms with Gasteiger partial charge in [0.2, 0.25) is 0 Å². The largest absolute Gasteiger partial charge is 0.480 e. The number of hydrogen-bond donors (Lipinski definition) is 1. The van der Waals surface area contributed by atoms with Gasteiger partial charge >= 0.3 is 5.97 Å². The van der Waals surface area contributed by atoms with Gasteiger partial charge in [-0.25, -0.2) is 0 Å². The lowest BCUT2D eigenvalue weighted by molar-refractivity contribution is -0.144. The van der Waals surface area contributed by atoms with Gasteiger partial charge in [0.1, 0.15) is 6.04 Å². The highest BCUT2D eigenvalue weighted by molar-refractivity contribution is 5.74. The van der Waals surface area contributed by atoms with E-state index in [4.69, 9.17) is 4.74 Å². The molecule has 4 unspecified atom stereocenters. The van der Waals surface area contributed by atoms with Gasteiger partial charge in [-0.2, -0.15) is 0 Å². The summed E-state index contributed by atoms with van der Waals surface area (Å²) in [5.41, 5.74) is 0. The third-order valence-corrected chi connectivity index (χ3v) is 4.31. The number of rotatable bonds is 5. The molecule has 4 atom stereocenters. The molecule has 98 valence electrons. The Kier molecular flexibility index (Phi) is 4.05. The molecule has 2 fully saturated rings. The van der Waals surface area contributed by atoms with Gasteiger partial charge in [0.25, 0.3) is 0 Å². The fraction of sp³-hybridized carbons (Fsp3) is 0.923. The van der Waals surface area contributed by atoms with Gasteiger partial charge in [0.05, 0.1) is 6.61 Å². The Bertz CT molecular complexity index is 282. The summed E-state index contributed by atoms with van der Waals surface area (Å²) >= 11 is 0. The van der Waals surface area contributed by atoms with Crippen LogP contribution in [0.5, 0.6) is 0 Å². The molecule has 1 heterocycles. The minimum atomic E-state index is -0.650. The molecular weight excluding hydrogens is 218 g/mol. The lowest BCUT2D eigenvalue weighted by atomic mass is 9.94. The number of ether oxygens (including phenoxy) is 1. The summed E-state index contributed by atoms with van der Waals surface area (Å²) in [6.45, 7) is 6.32. The average molecular weight is 241 g/mol. The number of carboxylic acid groups (broad SMARTS) is 1. The van der Waals surface area contributed by atoms with Gasteiger partial charge in [0.15, 0.2) is 0 Å². The Labute approximate surface area is 103 Å². The van der Waals surface area contributed by atoms with Crippen LogP contribution in [0.2, 0.25) is 0 Å². The van der Waals surface area contributed by atoms with Gasteiger partial charge in [-0.15, -0.1) is 0 Å². The Balaban J connectivity index is 2.03. The Morgan fingerprint density at radius 1 is 1.53 bits per heavy atom. The SMILES string of the molecule is CCOCC(C)N1CC2CCCC2C1C(=O)O. The maximum Gasteiger partial charge on any atom is 0.321 e. The first-order valence-corrected chi connectivity index (χ1v) is 6.71. The minimum absolute atomic E-state index is 0.210. The van der Waals surface area contributed by atoms with Crippen LogP contribution >= 0.6 is 0 Å². The van der Waals surface area contributed by atoms with Crippen molar-refractivity contribution in [2.45, 2.75) is 45.2 Å². The van der Waals surface area contributed by atoms with Crippen LogP contribution in [0.4, 0.5) is 0 Å². The Morgan fingerprint density at radius 3 is 2.94 bits per heavy atom. The van der Waals surface area contributed by atoms with Gasteiger partial charge in [-0.3, -0.25) is 9.69 Å². The van der Waals surface area contributed by atoms with Crippen molar-refractivity contribution in [2.24, 2.45) is 11.8 Å². The van der Waals surface area contributed by atoms with Crippen LogP contribution in [-0.2, 0) is 9.53 Å². The molecule has 4 heteroatoms. The molecule has 1 saturated carbocycles. The van der Waals surface area contributed by atoms with E-state index in [0.717, 1.165) is 13.0 Å². The number of likely N-dealkylation sites (tertiary alicyclic amines) is 1. The summed E-state index contributed by atoms with van der Waals surface area (Å²) in [5.74, 6) is 0.319. The molecule has 0 aromatic rings. The predicted octanol–water partition coefficient (Wildman–Crippen LogP) is 1.60. The molecule has 0 aromatic carbocycles. The number of nitrogens with zero attached hydrogens (tertiary/aromatic N) is 1. The molecular formula is C13H23NO3. The molecule has 0 amide bonds. The first kappa shape index (κ1) is 12.8. The second kappa shape index (κ2) is 5.36. The van der Waals surface area contributed by atoms with E-state index in [-0.39, 0.29) is 12.1 Å². The van der Waals surface area contributed by atoms with E-state index >= 15 is 0 Å². The number of carboxylic acids is 1. The maximum absolute atomic E-state index is 11.5. The van der Waals surface area contributed by atoms with Crippen molar-refractivity contribution in [3.05, 3.63) is 0 Å². The number of aliphatic carboxylic acids is 1. The molecule has 0 radical (unpaired) electrons. The summed E-state index contributed by atoms with van der Waals surface area (Å²) in [4.78, 5) is 13.6. The molecule has 17 heavy (non-hydrogen) atoms. The van der Waals surface area contributed by atoms with Crippen molar-refractivity contribution in [1.82, 2.24) is 4.90 Å². The number of hydrogen-bond acceptors (Lipinski definition) is 3. The highest BCUT2D eigenvalue weighted by Crippen LogP contribution is 2.42. The highest BCUT2D eigenvalue weighted by Gasteiger charge is 2.48. The molecule has 2 aliphatic rings. The van der Waals surface area contributed by atoms with Crippen LogP contribution in [0.25, 0.3) is 0 Å². The maximum atomic E-state index is 11.5. The van der Waals surface area contributed by atoms with Gasteiger partial charge in [-0.05, 0) is 38.5 Å². The standard InChI is InChI=1S/C13H23NO3/c1-3-17-8-9(2)14-7-10-5-4-6-11(10)12(14)13(15)16/h9-12H,3-8H2,1-2H3,(H,15,16). The molecule has 1 N–H and O–H groups in total. The summed E-state index contributed by atoms with van der Waals surface area (Å²) in [7, 11) is 0. The zero-order valence-electron chi connectivity index (χ0n) is 10.8. The number of carbonyl (C=O) groups is 1. The zero-order valence-corrected chi connectivity index (χ0v) is 10.8. The van der Waals surface area contributed by atoms with E-state index in [1.54, 1.807) is 0 Å². The van der Waals surface area contributed by atoms with Gasteiger partial charge in [-0.1, -0.05) is 6.42 Å². The summed E-state index contributed by atoms with van der Waals surface area (Å²) < 4.78 is 5.42. The zero-order chi connectivity index (χ0) is 12.4. The van der Waals surface area contributed by atoms with Gasteiger partial charge < -0.3 is 9.84 Å². The first-order valence-electron chi connectivity index (χ1n) is 6.71. The molecule has 0 aromatic heterocycles. The quantitative estimate of drug-likeness (QED) is 0.794. The normalized spacial score (nSPS) is 34.8. The van der Waals surface area contributed by atoms with Crippen molar-refractivity contribution in [1.29, 1.82) is 0 Å². The fourth-order valence-electron chi connectivity index (χ4n) is 3.50. The lowest BCUT2D eigenvalue weighted by Gasteiger charge is -2.30. The minimum Gasteiger partial charge on any atom is -0.480 e. The van der Waals surface area contributed by atoms with E-state index in [1.165, 1.54) is 12.8 Å². The monoisotopic (exact) mass is 241 g/mol. The first-order chi connectivity index (χ1) is 8.15.